The van der Waals surface area contributed by atoms with Gasteiger partial charge in [0.1, 0.15) is 12.2 Å². The van der Waals surface area contributed by atoms with E-state index in [1.165, 1.54) is 6.08 Å². The van der Waals surface area contributed by atoms with Gasteiger partial charge in [0.15, 0.2) is 11.5 Å². The van der Waals surface area contributed by atoms with Crippen LogP contribution >= 0.6 is 0 Å². The normalized spacial score (nSPS) is 14.3. The second-order valence-electron chi connectivity index (χ2n) is 9.88. The van der Waals surface area contributed by atoms with Crippen molar-refractivity contribution in [2.45, 2.75) is 33.3 Å². The second kappa shape index (κ2) is 12.6. The monoisotopic (exact) mass is 560 g/mol. The fraction of sp³-hybridized carbons (Fsp3) is 0.171. The minimum Gasteiger partial charge on any atom is -0.490 e. The van der Waals surface area contributed by atoms with E-state index in [1.807, 2.05) is 50.2 Å². The maximum absolute atomic E-state index is 13.5. The molecule has 0 aliphatic carbocycles. The number of nitrogens with one attached hydrogen (secondary N) is 1. The highest BCUT2D eigenvalue weighted by atomic mass is 16.5. The van der Waals surface area contributed by atoms with Gasteiger partial charge in [-0.1, -0.05) is 61.5 Å². The molecule has 1 aliphatic rings. The van der Waals surface area contributed by atoms with Crippen LogP contribution in [0.4, 0.5) is 10.5 Å². The van der Waals surface area contributed by atoms with E-state index in [4.69, 9.17) is 9.47 Å². The van der Waals surface area contributed by atoms with Gasteiger partial charge in [-0.25, -0.2) is 9.69 Å². The zero-order valence-electron chi connectivity index (χ0n) is 23.7. The van der Waals surface area contributed by atoms with Crippen LogP contribution in [0.15, 0.2) is 97.1 Å². The lowest BCUT2D eigenvalue weighted by Gasteiger charge is -2.26. The van der Waals surface area contributed by atoms with Gasteiger partial charge in [-0.2, -0.15) is 0 Å². The van der Waals surface area contributed by atoms with Gasteiger partial charge in [0.2, 0.25) is 0 Å². The summed E-state index contributed by atoms with van der Waals surface area (Å²) in [7, 11) is 0. The number of ether oxygens (including phenoxy) is 2. The Morgan fingerprint density at radius 3 is 2.31 bits per heavy atom. The number of imide groups is 2. The molecule has 0 saturated carbocycles. The topological polar surface area (TPSA) is 84.9 Å². The number of aryl methyl sites for hydroxylation is 1. The number of urea groups is 1. The third-order valence-electron chi connectivity index (χ3n) is 7.03. The summed E-state index contributed by atoms with van der Waals surface area (Å²) in [5.74, 6) is -0.408. The van der Waals surface area contributed by atoms with Gasteiger partial charge >= 0.3 is 6.03 Å². The van der Waals surface area contributed by atoms with E-state index in [-0.39, 0.29) is 5.57 Å². The minimum absolute atomic E-state index is 0.161. The highest BCUT2D eigenvalue weighted by Crippen LogP contribution is 2.36. The van der Waals surface area contributed by atoms with Crippen LogP contribution in [0.1, 0.15) is 36.1 Å². The standard InChI is InChI=1S/C35H32N2O5/c1-4-9-28-19-25(20-30-33(38)36-35(40)37(34(30)39)29-16-13-23(5-2)14-17-29)21-31(41-6-3)32(28)42-22-24-12-15-26-10-7-8-11-27(26)18-24/h4,7-8,10-21H,1,5-6,9,22H2,2-3H3,(H,36,38,40)/b30-20-. The molecule has 5 rings (SSSR count). The molecule has 1 saturated heterocycles. The number of rotatable bonds is 10. The summed E-state index contributed by atoms with van der Waals surface area (Å²) >= 11 is 0. The molecule has 4 amide bonds. The van der Waals surface area contributed by atoms with Crippen molar-refractivity contribution in [1.82, 2.24) is 5.32 Å². The van der Waals surface area contributed by atoms with Crippen LogP contribution in [0.25, 0.3) is 16.8 Å². The van der Waals surface area contributed by atoms with Gasteiger partial charge in [-0.3, -0.25) is 14.9 Å². The largest absolute Gasteiger partial charge is 0.490 e. The number of anilines is 1. The summed E-state index contributed by atoms with van der Waals surface area (Å²) in [6, 6.07) is 24.2. The van der Waals surface area contributed by atoms with Crippen LogP contribution < -0.4 is 19.7 Å². The Kier molecular flexibility index (Phi) is 8.48. The summed E-state index contributed by atoms with van der Waals surface area (Å²) < 4.78 is 12.3. The number of barbiturate groups is 1. The predicted molar refractivity (Wildman–Crippen MR) is 165 cm³/mol. The third kappa shape index (κ3) is 5.95. The Morgan fingerprint density at radius 1 is 0.857 bits per heavy atom. The Hall–Kier alpha value is -5.17. The number of amides is 4. The number of nitrogens with zero attached hydrogens (tertiary/aromatic N) is 1. The zero-order chi connectivity index (χ0) is 29.6. The average Bonchev–Trinajstić information content (AvgIpc) is 2.99. The SMILES string of the molecule is C=CCc1cc(/C=C2/C(=O)NC(=O)N(c3ccc(CC)cc3)C2=O)cc(OCC)c1OCc1ccc2ccccc2c1. The number of fused-ring (bicyclic) bond motifs is 1. The second-order valence-corrected chi connectivity index (χ2v) is 9.88. The molecular weight excluding hydrogens is 528 g/mol. The smallest absolute Gasteiger partial charge is 0.335 e. The molecule has 0 spiro atoms. The first-order valence-corrected chi connectivity index (χ1v) is 13.9. The highest BCUT2D eigenvalue weighted by Gasteiger charge is 2.36. The summed E-state index contributed by atoms with van der Waals surface area (Å²) in [6.07, 6.45) is 4.52. The van der Waals surface area contributed by atoms with Crippen LogP contribution in [0, 0.1) is 0 Å². The van der Waals surface area contributed by atoms with Crippen molar-refractivity contribution in [3.05, 3.63) is 119 Å². The Morgan fingerprint density at radius 2 is 1.60 bits per heavy atom. The molecule has 0 unspecified atom stereocenters. The van der Waals surface area contributed by atoms with E-state index in [0.29, 0.717) is 42.4 Å². The molecule has 1 N–H and O–H groups in total. The van der Waals surface area contributed by atoms with Crippen molar-refractivity contribution < 1.29 is 23.9 Å². The maximum Gasteiger partial charge on any atom is 0.335 e. The summed E-state index contributed by atoms with van der Waals surface area (Å²) in [5, 5.41) is 4.57. The molecule has 0 radical (unpaired) electrons. The zero-order valence-corrected chi connectivity index (χ0v) is 23.7. The van der Waals surface area contributed by atoms with Crippen molar-refractivity contribution in [3.63, 3.8) is 0 Å². The lowest BCUT2D eigenvalue weighted by molar-refractivity contribution is -0.122. The number of hydrogen-bond acceptors (Lipinski definition) is 5. The van der Waals surface area contributed by atoms with Crippen molar-refractivity contribution in [3.8, 4) is 11.5 Å². The van der Waals surface area contributed by atoms with Crippen LogP contribution in [-0.2, 0) is 29.0 Å². The average molecular weight is 561 g/mol. The first-order valence-electron chi connectivity index (χ1n) is 13.9. The quantitative estimate of drug-likeness (QED) is 0.131. The van der Waals surface area contributed by atoms with E-state index >= 15 is 0 Å². The van der Waals surface area contributed by atoms with E-state index in [9.17, 15) is 14.4 Å². The highest BCUT2D eigenvalue weighted by molar-refractivity contribution is 6.39. The number of benzene rings is 4. The van der Waals surface area contributed by atoms with Crippen LogP contribution in [-0.4, -0.2) is 24.5 Å². The lowest BCUT2D eigenvalue weighted by Crippen LogP contribution is -2.54. The molecule has 7 nitrogen and oxygen atoms in total. The summed E-state index contributed by atoms with van der Waals surface area (Å²) in [6.45, 7) is 8.48. The molecule has 4 aromatic carbocycles. The van der Waals surface area contributed by atoms with E-state index in [0.717, 1.165) is 38.8 Å². The number of hydrogen-bond donors (Lipinski definition) is 1. The van der Waals surface area contributed by atoms with Crippen LogP contribution in [0.3, 0.4) is 0 Å². The van der Waals surface area contributed by atoms with Gasteiger partial charge in [0.05, 0.1) is 12.3 Å². The van der Waals surface area contributed by atoms with Crippen molar-refractivity contribution in [1.29, 1.82) is 0 Å². The Bertz CT molecular complexity index is 1700. The number of allylic oxidation sites excluding steroid dienone is 1. The number of carbonyl (C=O) groups is 3. The molecule has 212 valence electrons. The van der Waals surface area contributed by atoms with Crippen LogP contribution in [0.2, 0.25) is 0 Å². The molecule has 4 aromatic rings. The van der Waals surface area contributed by atoms with Gasteiger partial charge < -0.3 is 9.47 Å². The summed E-state index contributed by atoms with van der Waals surface area (Å²) in [4.78, 5) is 39.9. The minimum atomic E-state index is -0.786. The van der Waals surface area contributed by atoms with Crippen molar-refractivity contribution >= 4 is 40.4 Å². The Balaban J connectivity index is 1.48. The molecule has 1 heterocycles. The first kappa shape index (κ1) is 28.4. The molecular formula is C35H32N2O5. The summed E-state index contributed by atoms with van der Waals surface area (Å²) in [5.41, 5.74) is 3.64. The van der Waals surface area contributed by atoms with E-state index < -0.39 is 17.8 Å². The van der Waals surface area contributed by atoms with E-state index in [2.05, 4.69) is 36.2 Å². The van der Waals surface area contributed by atoms with Gasteiger partial charge in [-0.15, -0.1) is 6.58 Å². The van der Waals surface area contributed by atoms with Gasteiger partial charge in [0.25, 0.3) is 11.8 Å². The maximum atomic E-state index is 13.5. The molecule has 7 heteroatoms. The predicted octanol–water partition coefficient (Wildman–Crippen LogP) is 6.77. The molecule has 42 heavy (non-hydrogen) atoms. The number of carbonyl (C=O) groups excluding carboxylic acids is 3. The molecule has 0 aromatic heterocycles. The molecule has 1 fully saturated rings. The molecule has 0 atom stereocenters. The van der Waals surface area contributed by atoms with Gasteiger partial charge in [0, 0.05) is 5.56 Å². The van der Waals surface area contributed by atoms with Gasteiger partial charge in [-0.05, 0) is 83.6 Å². The Labute approximate surface area is 245 Å². The van der Waals surface area contributed by atoms with Crippen molar-refractivity contribution in [2.75, 3.05) is 11.5 Å². The molecule has 0 bridgehead atoms. The van der Waals surface area contributed by atoms with E-state index in [1.54, 1.807) is 24.3 Å². The first-order chi connectivity index (χ1) is 20.4. The molecule has 1 aliphatic heterocycles. The third-order valence-corrected chi connectivity index (χ3v) is 7.03. The van der Waals surface area contributed by atoms with Crippen LogP contribution in [0.5, 0.6) is 11.5 Å². The van der Waals surface area contributed by atoms with Crippen molar-refractivity contribution in [2.24, 2.45) is 0 Å². The fourth-order valence-electron chi connectivity index (χ4n) is 4.92. The lowest BCUT2D eigenvalue weighted by atomic mass is 10.0. The fourth-order valence-corrected chi connectivity index (χ4v) is 4.92.